The summed E-state index contributed by atoms with van der Waals surface area (Å²) in [6, 6.07) is 6.01. The molecule has 4 heteroatoms. The highest BCUT2D eigenvalue weighted by Gasteiger charge is 2.21. The van der Waals surface area contributed by atoms with Crippen molar-refractivity contribution in [3.05, 3.63) is 28.8 Å². The maximum absolute atomic E-state index is 9.38. The molecule has 1 aromatic carbocycles. The monoisotopic (exact) mass is 254 g/mol. The van der Waals surface area contributed by atoms with Crippen LogP contribution in [0.15, 0.2) is 18.2 Å². The first kappa shape index (κ1) is 12.7. The molecule has 1 aliphatic heterocycles. The molecule has 0 saturated carbocycles. The topological polar surface area (TPSA) is 26.7 Å². The molecule has 1 unspecified atom stereocenters. The van der Waals surface area contributed by atoms with Gasteiger partial charge in [-0.15, -0.1) is 0 Å². The van der Waals surface area contributed by atoms with Crippen molar-refractivity contribution >= 4 is 11.6 Å². The van der Waals surface area contributed by atoms with Crippen LogP contribution in [0.1, 0.15) is 12.5 Å². The summed E-state index contributed by atoms with van der Waals surface area (Å²) in [5.74, 6) is 0.154. The zero-order valence-corrected chi connectivity index (χ0v) is 11.1. The van der Waals surface area contributed by atoms with Crippen molar-refractivity contribution in [3.8, 4) is 5.75 Å². The molecular weight excluding hydrogens is 236 g/mol. The molecule has 1 aromatic rings. The van der Waals surface area contributed by atoms with E-state index in [1.807, 2.05) is 12.1 Å². The van der Waals surface area contributed by atoms with E-state index >= 15 is 0 Å². The number of phenols is 1. The Labute approximate surface area is 108 Å². The van der Waals surface area contributed by atoms with Crippen LogP contribution in [-0.4, -0.2) is 47.6 Å². The second-order valence-corrected chi connectivity index (χ2v) is 5.27. The van der Waals surface area contributed by atoms with E-state index < -0.39 is 0 Å². The van der Waals surface area contributed by atoms with Gasteiger partial charge in [-0.2, -0.15) is 0 Å². The van der Waals surface area contributed by atoms with Crippen molar-refractivity contribution in [3.63, 3.8) is 0 Å². The normalized spacial score (nSPS) is 22.9. The molecule has 1 fully saturated rings. The highest BCUT2D eigenvalue weighted by atomic mass is 35.5. The van der Waals surface area contributed by atoms with Gasteiger partial charge in [-0.1, -0.05) is 17.7 Å². The van der Waals surface area contributed by atoms with Crippen LogP contribution < -0.4 is 0 Å². The third kappa shape index (κ3) is 3.12. The molecule has 1 aliphatic rings. The number of aromatic hydroxyl groups is 1. The van der Waals surface area contributed by atoms with Gasteiger partial charge in [0.05, 0.1) is 5.02 Å². The molecule has 94 valence electrons. The molecule has 1 atom stereocenters. The van der Waals surface area contributed by atoms with E-state index in [-0.39, 0.29) is 5.75 Å². The van der Waals surface area contributed by atoms with Crippen molar-refractivity contribution in [2.24, 2.45) is 0 Å². The Bertz CT molecular complexity index is 397. The summed E-state index contributed by atoms with van der Waals surface area (Å²) in [6.45, 7) is 6.44. The van der Waals surface area contributed by atoms with E-state index in [4.69, 9.17) is 11.6 Å². The fourth-order valence-corrected chi connectivity index (χ4v) is 2.50. The molecule has 17 heavy (non-hydrogen) atoms. The Balaban J connectivity index is 2.02. The number of likely N-dealkylation sites (N-methyl/N-ethyl adjacent to an activating group) is 1. The first-order valence-electron chi connectivity index (χ1n) is 5.96. The van der Waals surface area contributed by atoms with Gasteiger partial charge >= 0.3 is 0 Å². The quantitative estimate of drug-likeness (QED) is 0.877. The van der Waals surface area contributed by atoms with E-state index in [2.05, 4.69) is 23.8 Å². The predicted octanol–water partition coefficient (Wildman–Crippen LogP) is 2.18. The molecule has 3 nitrogen and oxygen atoms in total. The first-order valence-corrected chi connectivity index (χ1v) is 6.34. The summed E-state index contributed by atoms with van der Waals surface area (Å²) in [6.07, 6.45) is 0. The molecule has 2 rings (SSSR count). The highest BCUT2D eigenvalue weighted by Crippen LogP contribution is 2.24. The van der Waals surface area contributed by atoms with E-state index in [9.17, 15) is 5.11 Å². The van der Waals surface area contributed by atoms with Crippen LogP contribution in [0.2, 0.25) is 5.02 Å². The molecule has 0 aromatic heterocycles. The van der Waals surface area contributed by atoms with E-state index in [0.29, 0.717) is 11.1 Å². The van der Waals surface area contributed by atoms with E-state index in [0.717, 1.165) is 31.7 Å². The minimum atomic E-state index is 0.154. The molecule has 0 radical (unpaired) electrons. The number of nitrogens with zero attached hydrogens (tertiary/aromatic N) is 2. The maximum Gasteiger partial charge on any atom is 0.134 e. The summed E-state index contributed by atoms with van der Waals surface area (Å²) in [5.41, 5.74) is 1.16. The van der Waals surface area contributed by atoms with Crippen molar-refractivity contribution < 1.29 is 5.11 Å². The van der Waals surface area contributed by atoms with Gasteiger partial charge in [-0.3, -0.25) is 4.90 Å². The fraction of sp³-hybridized carbons (Fsp3) is 0.538. The maximum atomic E-state index is 9.38. The highest BCUT2D eigenvalue weighted by molar-refractivity contribution is 6.32. The Hall–Kier alpha value is -0.770. The van der Waals surface area contributed by atoms with Gasteiger partial charge in [0.2, 0.25) is 0 Å². The number of hydrogen-bond acceptors (Lipinski definition) is 3. The summed E-state index contributed by atoms with van der Waals surface area (Å²) in [4.78, 5) is 4.80. The summed E-state index contributed by atoms with van der Waals surface area (Å²) in [5, 5.41) is 9.82. The van der Waals surface area contributed by atoms with Crippen LogP contribution in [0.4, 0.5) is 0 Å². The minimum absolute atomic E-state index is 0.154. The van der Waals surface area contributed by atoms with Crippen LogP contribution >= 0.6 is 11.6 Å². The third-order valence-corrected chi connectivity index (χ3v) is 3.67. The van der Waals surface area contributed by atoms with Crippen molar-refractivity contribution in [1.82, 2.24) is 9.80 Å². The summed E-state index contributed by atoms with van der Waals surface area (Å²) in [7, 11) is 2.16. The Kier molecular flexibility index (Phi) is 3.92. The lowest BCUT2D eigenvalue weighted by Gasteiger charge is -2.38. The van der Waals surface area contributed by atoms with Crippen LogP contribution in [0, 0.1) is 0 Å². The molecule has 1 N–H and O–H groups in total. The van der Waals surface area contributed by atoms with Gasteiger partial charge in [-0.05, 0) is 31.7 Å². The van der Waals surface area contributed by atoms with E-state index in [1.165, 1.54) is 0 Å². The standard InChI is InChI=1S/C13H19ClN2O/c1-10-8-15(2)5-6-16(10)9-11-3-4-13(17)12(14)7-11/h3-4,7,10,17H,5-6,8-9H2,1-2H3. The molecule has 1 heterocycles. The molecule has 1 saturated heterocycles. The second-order valence-electron chi connectivity index (χ2n) is 4.87. The van der Waals surface area contributed by atoms with Gasteiger partial charge in [0.1, 0.15) is 5.75 Å². The number of hydrogen-bond donors (Lipinski definition) is 1. The largest absolute Gasteiger partial charge is 0.506 e. The molecular formula is C13H19ClN2O. The number of benzene rings is 1. The number of piperazine rings is 1. The Morgan fingerprint density at radius 3 is 2.82 bits per heavy atom. The first-order chi connectivity index (χ1) is 8.06. The zero-order chi connectivity index (χ0) is 12.4. The van der Waals surface area contributed by atoms with Gasteiger partial charge in [-0.25, -0.2) is 0 Å². The van der Waals surface area contributed by atoms with Crippen molar-refractivity contribution in [2.75, 3.05) is 26.7 Å². The average molecular weight is 255 g/mol. The van der Waals surface area contributed by atoms with Gasteiger partial charge in [0.15, 0.2) is 0 Å². The molecule has 0 spiro atoms. The average Bonchev–Trinajstić information content (AvgIpc) is 2.27. The van der Waals surface area contributed by atoms with Crippen molar-refractivity contribution in [1.29, 1.82) is 0 Å². The zero-order valence-electron chi connectivity index (χ0n) is 10.4. The number of halogens is 1. The lowest BCUT2D eigenvalue weighted by Crippen LogP contribution is -2.49. The molecule has 0 amide bonds. The minimum Gasteiger partial charge on any atom is -0.506 e. The SMILES string of the molecule is CC1CN(C)CCN1Cc1ccc(O)c(Cl)c1. The molecule has 0 aliphatic carbocycles. The number of phenolic OH excluding ortho intramolecular Hbond substituents is 1. The summed E-state index contributed by atoms with van der Waals surface area (Å²) < 4.78 is 0. The van der Waals surface area contributed by atoms with Gasteiger partial charge in [0, 0.05) is 32.2 Å². The van der Waals surface area contributed by atoms with Gasteiger partial charge < -0.3 is 10.0 Å². The van der Waals surface area contributed by atoms with E-state index in [1.54, 1.807) is 6.07 Å². The van der Waals surface area contributed by atoms with Gasteiger partial charge in [0.25, 0.3) is 0 Å². The lowest BCUT2D eigenvalue weighted by molar-refractivity contribution is 0.0938. The third-order valence-electron chi connectivity index (χ3n) is 3.37. The number of rotatable bonds is 2. The fourth-order valence-electron chi connectivity index (χ4n) is 2.30. The predicted molar refractivity (Wildman–Crippen MR) is 70.5 cm³/mol. The van der Waals surface area contributed by atoms with Crippen LogP contribution in [-0.2, 0) is 6.54 Å². The van der Waals surface area contributed by atoms with Crippen LogP contribution in [0.3, 0.4) is 0 Å². The van der Waals surface area contributed by atoms with Crippen molar-refractivity contribution in [2.45, 2.75) is 19.5 Å². The Morgan fingerprint density at radius 1 is 1.41 bits per heavy atom. The second kappa shape index (κ2) is 5.25. The van der Waals surface area contributed by atoms with Crippen LogP contribution in [0.25, 0.3) is 0 Å². The lowest BCUT2D eigenvalue weighted by atomic mass is 10.1. The smallest absolute Gasteiger partial charge is 0.134 e. The summed E-state index contributed by atoms with van der Waals surface area (Å²) >= 11 is 5.91. The van der Waals surface area contributed by atoms with Crippen LogP contribution in [0.5, 0.6) is 5.75 Å². The Morgan fingerprint density at radius 2 is 2.18 bits per heavy atom. The molecule has 0 bridgehead atoms.